The largest absolute Gasteiger partial charge is 0.347 e. The van der Waals surface area contributed by atoms with Crippen LogP contribution in [-0.4, -0.2) is 17.4 Å². The molecule has 96 valence electrons. The summed E-state index contributed by atoms with van der Waals surface area (Å²) in [5.74, 6) is -0.0433. The summed E-state index contributed by atoms with van der Waals surface area (Å²) in [5.41, 5.74) is 5.60. The van der Waals surface area contributed by atoms with E-state index in [0.29, 0.717) is 6.54 Å². The Labute approximate surface area is 107 Å². The summed E-state index contributed by atoms with van der Waals surface area (Å²) in [6.45, 7) is 6.43. The van der Waals surface area contributed by atoms with Crippen molar-refractivity contribution in [3.05, 3.63) is 16.1 Å². The third kappa shape index (κ3) is 4.09. The maximum Gasteiger partial charge on any atom is 0.224 e. The monoisotopic (exact) mass is 255 g/mol. The molecule has 0 fully saturated rings. The number of nitrogens with one attached hydrogen (secondary N) is 1. The fourth-order valence-electron chi connectivity index (χ4n) is 1.67. The van der Waals surface area contributed by atoms with Crippen LogP contribution in [0.5, 0.6) is 0 Å². The van der Waals surface area contributed by atoms with Crippen LogP contribution in [-0.2, 0) is 4.79 Å². The number of aryl methyl sites for hydroxylation is 1. The minimum Gasteiger partial charge on any atom is -0.347 e. The zero-order chi connectivity index (χ0) is 12.8. The zero-order valence-corrected chi connectivity index (χ0v) is 11.5. The third-order valence-electron chi connectivity index (χ3n) is 2.66. The van der Waals surface area contributed by atoms with E-state index in [0.717, 1.165) is 22.7 Å². The first-order chi connectivity index (χ1) is 8.08. The Morgan fingerprint density at radius 2 is 2.35 bits per heavy atom. The smallest absolute Gasteiger partial charge is 0.224 e. The summed E-state index contributed by atoms with van der Waals surface area (Å²) in [6, 6.07) is -0.0351. The number of thiazole rings is 1. The van der Waals surface area contributed by atoms with Gasteiger partial charge >= 0.3 is 0 Å². The van der Waals surface area contributed by atoms with Crippen molar-refractivity contribution in [2.75, 3.05) is 6.54 Å². The second-order valence-corrected chi connectivity index (χ2v) is 5.53. The van der Waals surface area contributed by atoms with Gasteiger partial charge in [-0.05, 0) is 20.3 Å². The van der Waals surface area contributed by atoms with Crippen molar-refractivity contribution in [1.29, 1.82) is 0 Å². The van der Waals surface area contributed by atoms with Gasteiger partial charge in [-0.25, -0.2) is 4.98 Å². The van der Waals surface area contributed by atoms with Crippen molar-refractivity contribution in [2.24, 2.45) is 11.7 Å². The van der Waals surface area contributed by atoms with E-state index in [2.05, 4.69) is 17.2 Å². The molecule has 5 heteroatoms. The van der Waals surface area contributed by atoms with Crippen LogP contribution >= 0.6 is 11.3 Å². The van der Waals surface area contributed by atoms with Gasteiger partial charge in [0.25, 0.3) is 0 Å². The highest BCUT2D eigenvalue weighted by Crippen LogP contribution is 2.19. The molecule has 0 radical (unpaired) electrons. The van der Waals surface area contributed by atoms with Gasteiger partial charge in [-0.3, -0.25) is 4.79 Å². The van der Waals surface area contributed by atoms with Gasteiger partial charge in [0.1, 0.15) is 5.01 Å². The molecule has 2 unspecified atom stereocenters. The number of nitrogens with zero attached hydrogens (tertiary/aromatic N) is 1. The van der Waals surface area contributed by atoms with Gasteiger partial charge in [0.15, 0.2) is 0 Å². The predicted octanol–water partition coefficient (Wildman–Crippen LogP) is 2.00. The van der Waals surface area contributed by atoms with Crippen molar-refractivity contribution < 1.29 is 4.79 Å². The van der Waals surface area contributed by atoms with Crippen molar-refractivity contribution >= 4 is 17.2 Å². The van der Waals surface area contributed by atoms with Gasteiger partial charge in [-0.2, -0.15) is 0 Å². The van der Waals surface area contributed by atoms with E-state index in [1.807, 2.05) is 20.0 Å². The number of hydrogen-bond acceptors (Lipinski definition) is 4. The molecule has 4 nitrogen and oxygen atoms in total. The van der Waals surface area contributed by atoms with Crippen LogP contribution in [0.4, 0.5) is 0 Å². The Hall–Kier alpha value is -0.940. The number of nitrogens with two attached hydrogens (primary N) is 1. The molecule has 3 N–H and O–H groups in total. The fraction of sp³-hybridized carbons (Fsp3) is 0.667. The van der Waals surface area contributed by atoms with E-state index >= 15 is 0 Å². The number of aromatic nitrogens is 1. The lowest BCUT2D eigenvalue weighted by atomic mass is 10.0. The summed E-state index contributed by atoms with van der Waals surface area (Å²) in [6.07, 6.45) is 3.64. The Morgan fingerprint density at radius 3 is 2.82 bits per heavy atom. The Morgan fingerprint density at radius 1 is 1.65 bits per heavy atom. The van der Waals surface area contributed by atoms with Crippen molar-refractivity contribution in [3.8, 4) is 0 Å². The molecule has 17 heavy (non-hydrogen) atoms. The molecule has 0 aliphatic carbocycles. The molecule has 0 saturated heterocycles. The van der Waals surface area contributed by atoms with Crippen LogP contribution in [0.2, 0.25) is 0 Å². The predicted molar refractivity (Wildman–Crippen MR) is 70.9 cm³/mol. The minimum absolute atomic E-state index is 0.0351. The second kappa shape index (κ2) is 6.71. The lowest BCUT2D eigenvalue weighted by Crippen LogP contribution is -2.36. The molecule has 1 amide bonds. The summed E-state index contributed by atoms with van der Waals surface area (Å²) in [5, 5.41) is 3.92. The first-order valence-corrected chi connectivity index (χ1v) is 6.82. The maximum atomic E-state index is 11.9. The molecule has 0 aromatic carbocycles. The van der Waals surface area contributed by atoms with Crippen LogP contribution in [0.15, 0.2) is 6.20 Å². The number of carbonyl (C=O) groups excluding carboxylic acids is 1. The molecule has 0 saturated carbocycles. The fourth-order valence-corrected chi connectivity index (χ4v) is 2.45. The molecule has 0 spiro atoms. The first-order valence-electron chi connectivity index (χ1n) is 6.01. The highest BCUT2D eigenvalue weighted by atomic mass is 32.1. The highest BCUT2D eigenvalue weighted by Gasteiger charge is 2.19. The molecule has 0 bridgehead atoms. The van der Waals surface area contributed by atoms with Crippen molar-refractivity contribution in [1.82, 2.24) is 10.3 Å². The van der Waals surface area contributed by atoms with E-state index < -0.39 is 0 Å². The van der Waals surface area contributed by atoms with Crippen LogP contribution < -0.4 is 11.1 Å². The van der Waals surface area contributed by atoms with Crippen LogP contribution in [0.3, 0.4) is 0 Å². The molecule has 1 aromatic rings. The Bertz CT molecular complexity index is 364. The molecule has 2 atom stereocenters. The molecule has 0 aliphatic rings. The lowest BCUT2D eigenvalue weighted by molar-refractivity contribution is -0.125. The highest BCUT2D eigenvalue weighted by molar-refractivity contribution is 7.11. The second-order valence-electron chi connectivity index (χ2n) is 4.26. The normalized spacial score (nSPS) is 14.4. The average molecular weight is 255 g/mol. The summed E-state index contributed by atoms with van der Waals surface area (Å²) in [4.78, 5) is 17.4. The Balaban J connectivity index is 2.55. The van der Waals surface area contributed by atoms with Gasteiger partial charge in [0, 0.05) is 17.6 Å². The lowest BCUT2D eigenvalue weighted by Gasteiger charge is -2.17. The quantitative estimate of drug-likeness (QED) is 0.817. The van der Waals surface area contributed by atoms with E-state index in [4.69, 9.17) is 5.73 Å². The van der Waals surface area contributed by atoms with Gasteiger partial charge in [-0.1, -0.05) is 13.3 Å². The number of rotatable bonds is 6. The minimum atomic E-state index is -0.0801. The summed E-state index contributed by atoms with van der Waals surface area (Å²) >= 11 is 1.61. The molecular weight excluding hydrogens is 234 g/mol. The van der Waals surface area contributed by atoms with Crippen LogP contribution in [0.1, 0.15) is 42.6 Å². The number of carbonyl (C=O) groups is 1. The Kier molecular flexibility index (Phi) is 5.58. The summed E-state index contributed by atoms with van der Waals surface area (Å²) in [7, 11) is 0. The van der Waals surface area contributed by atoms with Crippen molar-refractivity contribution in [2.45, 2.75) is 39.7 Å². The third-order valence-corrected chi connectivity index (χ3v) is 3.76. The van der Waals surface area contributed by atoms with Crippen LogP contribution in [0, 0.1) is 12.8 Å². The maximum absolute atomic E-state index is 11.9. The van der Waals surface area contributed by atoms with E-state index in [1.54, 1.807) is 11.3 Å². The van der Waals surface area contributed by atoms with E-state index in [1.165, 1.54) is 0 Å². The molecular formula is C12H21N3OS. The number of amides is 1. The van der Waals surface area contributed by atoms with Gasteiger partial charge in [0.05, 0.1) is 12.0 Å². The van der Waals surface area contributed by atoms with Crippen LogP contribution in [0.25, 0.3) is 0 Å². The van der Waals surface area contributed by atoms with Crippen molar-refractivity contribution in [3.63, 3.8) is 0 Å². The molecule has 1 rings (SSSR count). The average Bonchev–Trinajstić information content (AvgIpc) is 2.72. The summed E-state index contributed by atoms with van der Waals surface area (Å²) < 4.78 is 0. The molecule has 0 aliphatic heterocycles. The molecule has 1 heterocycles. The van der Waals surface area contributed by atoms with E-state index in [9.17, 15) is 4.79 Å². The topological polar surface area (TPSA) is 68.0 Å². The molecule has 1 aromatic heterocycles. The standard InChI is InChI=1S/C12H21N3OS/c1-4-5-10(6-13)11(16)15-9(3)12-14-7-8(2)17-12/h7,9-10H,4-6,13H2,1-3H3,(H,15,16). The van der Waals surface area contributed by atoms with Gasteiger partial charge < -0.3 is 11.1 Å². The zero-order valence-electron chi connectivity index (χ0n) is 10.7. The van der Waals surface area contributed by atoms with Gasteiger partial charge in [0.2, 0.25) is 5.91 Å². The number of hydrogen-bond donors (Lipinski definition) is 2. The van der Waals surface area contributed by atoms with Gasteiger partial charge in [-0.15, -0.1) is 11.3 Å². The first kappa shape index (κ1) is 14.1. The van der Waals surface area contributed by atoms with E-state index in [-0.39, 0.29) is 17.9 Å². The SMILES string of the molecule is CCCC(CN)C(=O)NC(C)c1ncc(C)s1.